The number of aldehydes is 1. The second-order valence-corrected chi connectivity index (χ2v) is 5.27. The molecule has 0 aliphatic carbocycles. The Balaban J connectivity index is 2.67. The SMILES string of the molecule is CC(Oc1nc(-n2nc(CF)n(CC=O)c2=O)c(F)cc1C(=O)O)C(F)(F)F. The van der Waals surface area contributed by atoms with Crippen LogP contribution in [0.4, 0.5) is 22.0 Å². The van der Waals surface area contributed by atoms with Crippen LogP contribution in [0.3, 0.4) is 0 Å². The Kier molecular flexibility index (Phi) is 5.80. The zero-order valence-electron chi connectivity index (χ0n) is 13.9. The molecule has 2 heterocycles. The third-order valence-corrected chi connectivity index (χ3v) is 3.42. The van der Waals surface area contributed by atoms with Crippen molar-refractivity contribution < 1.29 is 41.4 Å². The highest BCUT2D eigenvalue weighted by Gasteiger charge is 2.39. The number of ether oxygens (including phenoxy) is 1. The Bertz CT molecular complexity index is 968. The fourth-order valence-corrected chi connectivity index (χ4v) is 2.02. The summed E-state index contributed by atoms with van der Waals surface area (Å²) in [5.74, 6) is -6.03. The number of carbonyl (C=O) groups excluding carboxylic acids is 1. The van der Waals surface area contributed by atoms with Gasteiger partial charge in [-0.2, -0.15) is 22.8 Å². The van der Waals surface area contributed by atoms with E-state index in [4.69, 9.17) is 5.11 Å². The van der Waals surface area contributed by atoms with E-state index >= 15 is 0 Å². The van der Waals surface area contributed by atoms with E-state index in [9.17, 15) is 36.3 Å². The van der Waals surface area contributed by atoms with Crippen molar-refractivity contribution in [2.75, 3.05) is 0 Å². The van der Waals surface area contributed by atoms with Crippen LogP contribution in [0, 0.1) is 5.82 Å². The first-order chi connectivity index (χ1) is 13.0. The molecule has 0 bridgehead atoms. The van der Waals surface area contributed by atoms with E-state index in [1.54, 1.807) is 0 Å². The van der Waals surface area contributed by atoms with E-state index in [2.05, 4.69) is 14.8 Å². The number of hydrogen-bond donors (Lipinski definition) is 1. The van der Waals surface area contributed by atoms with Gasteiger partial charge in [-0.15, -0.1) is 5.10 Å². The minimum Gasteiger partial charge on any atom is -0.477 e. The van der Waals surface area contributed by atoms with Crippen LogP contribution in [-0.4, -0.2) is 49.0 Å². The van der Waals surface area contributed by atoms with Gasteiger partial charge in [0.15, 0.2) is 23.6 Å². The number of carboxylic acid groups (broad SMARTS) is 1. The highest BCUT2D eigenvalue weighted by Crippen LogP contribution is 2.27. The second-order valence-electron chi connectivity index (χ2n) is 5.27. The first kappa shape index (κ1) is 21.0. The maximum Gasteiger partial charge on any atom is 0.425 e. The minimum atomic E-state index is -4.89. The number of carboxylic acids is 1. The van der Waals surface area contributed by atoms with Crippen molar-refractivity contribution in [3.8, 4) is 11.7 Å². The molecule has 14 heteroatoms. The summed E-state index contributed by atoms with van der Waals surface area (Å²) in [5, 5.41) is 12.5. The molecule has 1 atom stereocenters. The van der Waals surface area contributed by atoms with Gasteiger partial charge >= 0.3 is 17.8 Å². The molecule has 0 aliphatic heterocycles. The van der Waals surface area contributed by atoms with E-state index in [1.165, 1.54) is 0 Å². The molecule has 2 aromatic heterocycles. The van der Waals surface area contributed by atoms with Crippen molar-refractivity contribution in [1.82, 2.24) is 19.3 Å². The smallest absolute Gasteiger partial charge is 0.425 e. The van der Waals surface area contributed by atoms with E-state index in [-0.39, 0.29) is 17.0 Å². The van der Waals surface area contributed by atoms with Gasteiger partial charge in [-0.1, -0.05) is 0 Å². The van der Waals surface area contributed by atoms with Crippen LogP contribution in [0.15, 0.2) is 10.9 Å². The van der Waals surface area contributed by atoms with Gasteiger partial charge in [-0.05, 0) is 13.0 Å². The third kappa shape index (κ3) is 3.99. The molecular formula is C14H11F5N4O5. The van der Waals surface area contributed by atoms with Gasteiger partial charge in [0.1, 0.15) is 18.5 Å². The molecule has 1 N–H and O–H groups in total. The largest absolute Gasteiger partial charge is 0.477 e. The quantitative estimate of drug-likeness (QED) is 0.540. The standard InChI is InChI=1S/C14H11F5N4O5/c1-6(14(17,18)19)28-11-7(12(25)26)4-8(16)10(20-11)23-13(27)22(2-3-24)9(5-15)21-23/h3-4,6H,2,5H2,1H3,(H,25,26). The third-order valence-electron chi connectivity index (χ3n) is 3.42. The predicted octanol–water partition coefficient (Wildman–Crippen LogP) is 1.26. The molecule has 0 saturated heterocycles. The molecule has 2 aromatic rings. The van der Waals surface area contributed by atoms with Gasteiger partial charge in [0.05, 0.1) is 6.54 Å². The molecule has 9 nitrogen and oxygen atoms in total. The maximum absolute atomic E-state index is 14.3. The molecule has 152 valence electrons. The summed E-state index contributed by atoms with van der Waals surface area (Å²) in [6.45, 7) is -1.39. The Morgan fingerprint density at radius 1 is 1.43 bits per heavy atom. The molecule has 0 radical (unpaired) electrons. The Morgan fingerprint density at radius 3 is 2.57 bits per heavy atom. The zero-order valence-corrected chi connectivity index (χ0v) is 13.9. The lowest BCUT2D eigenvalue weighted by Crippen LogP contribution is -2.32. The van der Waals surface area contributed by atoms with E-state index in [1.807, 2.05) is 0 Å². The molecule has 0 fully saturated rings. The average Bonchev–Trinajstić information content (AvgIpc) is 2.91. The fraction of sp³-hybridized carbons (Fsp3) is 0.357. The monoisotopic (exact) mass is 410 g/mol. The number of halogens is 5. The molecule has 0 aliphatic rings. The van der Waals surface area contributed by atoms with Crippen LogP contribution in [0.2, 0.25) is 0 Å². The number of aromatic nitrogens is 4. The summed E-state index contributed by atoms with van der Waals surface area (Å²) in [6.07, 6.45) is -7.17. The van der Waals surface area contributed by atoms with Gasteiger partial charge in [-0.3, -0.25) is 4.57 Å². The number of rotatable bonds is 7. The zero-order chi connectivity index (χ0) is 21.2. The Labute approximate surface area is 152 Å². The molecule has 0 aromatic carbocycles. The molecule has 2 rings (SSSR count). The summed E-state index contributed by atoms with van der Waals surface area (Å²) in [6, 6.07) is 0.281. The van der Waals surface area contributed by atoms with Gasteiger partial charge in [-0.25, -0.2) is 18.4 Å². The van der Waals surface area contributed by atoms with E-state index in [0.29, 0.717) is 11.5 Å². The maximum atomic E-state index is 14.3. The van der Waals surface area contributed by atoms with Crippen molar-refractivity contribution in [2.24, 2.45) is 0 Å². The Morgan fingerprint density at radius 2 is 2.07 bits per heavy atom. The molecule has 28 heavy (non-hydrogen) atoms. The van der Waals surface area contributed by atoms with Gasteiger partial charge in [0, 0.05) is 0 Å². The van der Waals surface area contributed by atoms with E-state index in [0.717, 1.165) is 0 Å². The first-order valence-electron chi connectivity index (χ1n) is 7.37. The normalized spacial score (nSPS) is 12.6. The minimum absolute atomic E-state index is 0.185. The van der Waals surface area contributed by atoms with Gasteiger partial charge in [0.2, 0.25) is 5.88 Å². The average molecular weight is 410 g/mol. The molecule has 1 unspecified atom stereocenters. The van der Waals surface area contributed by atoms with Crippen molar-refractivity contribution in [2.45, 2.75) is 32.4 Å². The summed E-state index contributed by atoms with van der Waals surface area (Å²) < 4.78 is 70.6. The van der Waals surface area contributed by atoms with Crippen molar-refractivity contribution in [3.63, 3.8) is 0 Å². The van der Waals surface area contributed by atoms with Crippen molar-refractivity contribution in [1.29, 1.82) is 0 Å². The lowest BCUT2D eigenvalue weighted by molar-refractivity contribution is -0.190. The molecule has 0 saturated carbocycles. The van der Waals surface area contributed by atoms with Gasteiger partial charge in [0.25, 0.3) is 0 Å². The number of alkyl halides is 4. The number of carbonyl (C=O) groups is 2. The molecule has 0 amide bonds. The predicted molar refractivity (Wildman–Crippen MR) is 79.6 cm³/mol. The van der Waals surface area contributed by atoms with Crippen molar-refractivity contribution >= 4 is 12.3 Å². The number of aromatic carboxylic acids is 1. The van der Waals surface area contributed by atoms with Crippen LogP contribution in [0.5, 0.6) is 5.88 Å². The summed E-state index contributed by atoms with van der Waals surface area (Å²) in [4.78, 5) is 37.3. The van der Waals surface area contributed by atoms with Crippen LogP contribution in [-0.2, 0) is 18.0 Å². The highest BCUT2D eigenvalue weighted by atomic mass is 19.4. The summed E-state index contributed by atoms with van der Waals surface area (Å²) >= 11 is 0. The highest BCUT2D eigenvalue weighted by molar-refractivity contribution is 5.90. The second kappa shape index (κ2) is 7.74. The molecule has 0 spiro atoms. The number of nitrogens with zero attached hydrogens (tertiary/aromatic N) is 4. The van der Waals surface area contributed by atoms with Crippen LogP contribution < -0.4 is 10.4 Å². The fourth-order valence-electron chi connectivity index (χ4n) is 2.02. The first-order valence-corrected chi connectivity index (χ1v) is 7.37. The van der Waals surface area contributed by atoms with Crippen LogP contribution in [0.25, 0.3) is 5.82 Å². The van der Waals surface area contributed by atoms with Crippen molar-refractivity contribution in [3.05, 3.63) is 33.8 Å². The topological polar surface area (TPSA) is 116 Å². The molecular weight excluding hydrogens is 399 g/mol. The lowest BCUT2D eigenvalue weighted by atomic mass is 10.2. The van der Waals surface area contributed by atoms with Gasteiger partial charge < -0.3 is 14.6 Å². The summed E-state index contributed by atoms with van der Waals surface area (Å²) in [7, 11) is 0. The van der Waals surface area contributed by atoms with Crippen LogP contribution in [0.1, 0.15) is 23.1 Å². The lowest BCUT2D eigenvalue weighted by Gasteiger charge is -2.18. The Hall–Kier alpha value is -3.32. The summed E-state index contributed by atoms with van der Waals surface area (Å²) in [5.41, 5.74) is -2.26. The number of hydrogen-bond acceptors (Lipinski definition) is 6. The van der Waals surface area contributed by atoms with E-state index < -0.39 is 66.1 Å². The number of pyridine rings is 1. The van der Waals surface area contributed by atoms with Crippen LogP contribution >= 0.6 is 0 Å².